The Morgan fingerprint density at radius 2 is 0.790 bits per heavy atom. The lowest BCUT2D eigenvalue weighted by Crippen LogP contribution is -2.40. The van der Waals surface area contributed by atoms with Crippen LogP contribution >= 0.6 is 121 Å². The van der Waals surface area contributed by atoms with Gasteiger partial charge in [0.25, 0.3) is 0 Å². The Labute approximate surface area is 803 Å². The summed E-state index contributed by atoms with van der Waals surface area (Å²) in [6, 6.07) is 12.4. The smallest absolute Gasteiger partial charge is 0.466 e. The predicted octanol–water partition coefficient (Wildman–Crippen LogP) is 4.89. The van der Waals surface area contributed by atoms with Gasteiger partial charge in [0.05, 0.1) is 108 Å². The lowest BCUT2D eigenvalue weighted by Gasteiger charge is -2.32. The molecule has 0 bridgehead atoms. The number of hydrogen-bond acceptors (Lipinski definition) is 57. The maximum atomic E-state index is 12.8. The molecule has 138 heavy (non-hydrogen) atoms. The Bertz CT molecular complexity index is 5980. The summed E-state index contributed by atoms with van der Waals surface area (Å²) < 4.78 is 159. The van der Waals surface area contributed by atoms with E-state index in [2.05, 4.69) is 29.9 Å². The number of fused-ring (bicyclic) bond motifs is 5. The van der Waals surface area contributed by atoms with Crippen LogP contribution in [0.15, 0.2) is 120 Å². The van der Waals surface area contributed by atoms with E-state index in [0.29, 0.717) is 9.75 Å². The van der Waals surface area contributed by atoms with E-state index in [1.54, 1.807) is 20.8 Å². The van der Waals surface area contributed by atoms with Gasteiger partial charge in [0, 0.05) is 48.3 Å². The van der Waals surface area contributed by atoms with E-state index in [1.165, 1.54) is 167 Å². The number of aromatic nitrogens is 11. The number of furan rings is 1. The highest BCUT2D eigenvalue weighted by molar-refractivity contribution is 8.01. The Morgan fingerprint density at radius 1 is 0.457 bits per heavy atom. The van der Waals surface area contributed by atoms with Crippen molar-refractivity contribution in [3.05, 3.63) is 190 Å². The summed E-state index contributed by atoms with van der Waals surface area (Å²) in [5.74, 6) is -0.443. The van der Waals surface area contributed by atoms with Crippen LogP contribution < -0.4 is 57.1 Å². The van der Waals surface area contributed by atoms with Gasteiger partial charge < -0.3 is 73.5 Å². The molecule has 0 saturated carbocycles. The Balaban J connectivity index is 0.000000138. The van der Waals surface area contributed by atoms with Crippen molar-refractivity contribution in [2.45, 2.75) is 174 Å². The van der Waals surface area contributed by atoms with Crippen LogP contribution in [0.5, 0.6) is 0 Å². The van der Waals surface area contributed by atoms with Crippen LogP contribution in [-0.4, -0.2) is 239 Å². The molecule has 0 aromatic carbocycles. The quantitative estimate of drug-likeness (QED) is 0.0120. The maximum Gasteiger partial charge on any atom is 0.475 e. The fourth-order valence-corrected chi connectivity index (χ4v) is 31.2. The van der Waals surface area contributed by atoms with Crippen LogP contribution in [0.1, 0.15) is 76.0 Å². The molecule has 18 heterocycles. The van der Waals surface area contributed by atoms with Crippen LogP contribution in [0.3, 0.4) is 0 Å². The first-order chi connectivity index (χ1) is 65.4. The Morgan fingerprint density at radius 3 is 1.09 bits per heavy atom. The van der Waals surface area contributed by atoms with Gasteiger partial charge in [-0.3, -0.25) is 116 Å². The summed E-state index contributed by atoms with van der Waals surface area (Å²) in [4.78, 5) is 124. The lowest BCUT2D eigenvalue weighted by atomic mass is 10.1. The molecule has 0 aliphatic carbocycles. The number of thiophene rings is 1. The van der Waals surface area contributed by atoms with E-state index >= 15 is 0 Å². The van der Waals surface area contributed by atoms with Crippen molar-refractivity contribution in [3.63, 3.8) is 0 Å². The molecule has 25 atom stereocenters. The van der Waals surface area contributed by atoms with Crippen molar-refractivity contribution in [2.24, 2.45) is 0 Å². The van der Waals surface area contributed by atoms with E-state index in [-0.39, 0.29) is 145 Å². The first-order valence-electron chi connectivity index (χ1n) is 40.4. The zero-order valence-electron chi connectivity index (χ0n) is 71.1. The largest absolute Gasteiger partial charge is 0.475 e. The van der Waals surface area contributed by atoms with Crippen LogP contribution in [0, 0.1) is 30.3 Å². The summed E-state index contributed by atoms with van der Waals surface area (Å²) in [6.45, 7) is 4.52. The number of nitro groups is 3. The number of nitrogen functional groups attached to an aromatic ring is 5. The number of anilines is 5. The van der Waals surface area contributed by atoms with E-state index in [4.69, 9.17) is 106 Å². The van der Waals surface area contributed by atoms with Crippen LogP contribution in [0.4, 0.5) is 45.1 Å². The van der Waals surface area contributed by atoms with Crippen molar-refractivity contribution in [3.8, 4) is 0 Å². The third-order valence-electron chi connectivity index (χ3n) is 20.3. The Kier molecular flexibility index (Phi) is 34.2. The van der Waals surface area contributed by atoms with Gasteiger partial charge in [-0.25, -0.2) is 46.8 Å². The molecule has 70 heteroatoms. The molecule has 18 rings (SSSR count). The zero-order chi connectivity index (χ0) is 99.4. The summed E-state index contributed by atoms with van der Waals surface area (Å²) >= 11 is 7.88. The molecule has 752 valence electrons. The highest BCUT2D eigenvalue weighted by Gasteiger charge is 2.59. The molecule has 10 aliphatic heterocycles. The van der Waals surface area contributed by atoms with Crippen molar-refractivity contribution >= 4 is 172 Å². The number of aliphatic hydroxyl groups excluding tert-OH is 5. The normalized spacial score (nSPS) is 32.5. The van der Waals surface area contributed by atoms with Crippen molar-refractivity contribution in [1.29, 1.82) is 0 Å². The van der Waals surface area contributed by atoms with Gasteiger partial charge >= 0.3 is 89.5 Å². The van der Waals surface area contributed by atoms with Gasteiger partial charge in [-0.05, 0) is 90.9 Å². The second-order valence-electron chi connectivity index (χ2n) is 30.1. The average Bonchev–Trinajstić information content (AvgIpc) is 1.63. The van der Waals surface area contributed by atoms with E-state index in [0.717, 1.165) is 28.7 Å². The molecule has 58 nitrogen and oxygen atoms in total. The molecule has 0 radical (unpaired) electrons. The summed E-state index contributed by atoms with van der Waals surface area (Å²) in [5.41, 5.74) is 24.3. The van der Waals surface area contributed by atoms with E-state index < -0.39 is 193 Å². The number of phosphoric acid groups is 5. The number of esters is 1. The van der Waals surface area contributed by atoms with Gasteiger partial charge in [-0.15, -0.1) is 58.8 Å². The minimum atomic E-state index is -4.06. The first kappa shape index (κ1) is 106. The highest BCUT2D eigenvalue weighted by Crippen LogP contribution is 2.65. The van der Waals surface area contributed by atoms with E-state index in [1.807, 2.05) is 0 Å². The SMILES string of the molecule is CC(C)OP1(=O)OC[C@H]2S[C@@H](n3ccc(N)nc3=O)[C@@H](O)[C@@H]2O1.CCOC(=O)CCCOP1(=O)OC[C@H]2S[C@@H](n3ccc(N)nc3=O)[C@@H](O)[C@@H]2O1.Nc1ccn([C@@H]2S[C@@H]3COP(=O)(OCc4ccc([N+](=O)[O-])o4)O[C@H]3[C@@H]2O)c(=O)n1.Nc1ccn([C@@H]2S[C@@H]3COP(=O)(OCc4ccc([N+](=O)[O-])s4)O[C@H]3[C@@H]2O)c(=O)n1.Nc1ccn([C@@H]2S[C@@H]3COP(=O)(OCc4cnc([N+](=O)[O-])s4)O[C@H]3[C@@H]2O)c(=O)n1. The molecule has 8 aromatic rings. The van der Waals surface area contributed by atoms with Crippen molar-refractivity contribution in [2.75, 3.05) is 74.9 Å². The number of phosphoric ester groups is 5. The van der Waals surface area contributed by atoms with Crippen LogP contribution in [-0.2, 0) is 120 Å². The zero-order valence-corrected chi connectivity index (χ0v) is 81.3. The molecule has 10 aliphatic rings. The van der Waals surface area contributed by atoms with Crippen molar-refractivity contribution in [1.82, 2.24) is 52.7 Å². The number of thioether (sulfide) groups is 5. The second kappa shape index (κ2) is 44.7. The molecular weight excluding hydrogens is 2090 g/mol. The average molecular weight is 2170 g/mol. The molecule has 15 N–H and O–H groups in total. The molecule has 0 spiro atoms. The fraction of sp³-hybridized carbons (Fsp3) is 0.529. The number of aliphatic hydroxyl groups is 5. The number of carbonyl (C=O) groups excluding carboxylic acids is 1. The molecule has 10 fully saturated rings. The van der Waals surface area contributed by atoms with Crippen molar-refractivity contribution < 1.29 is 145 Å². The summed E-state index contributed by atoms with van der Waals surface area (Å²) in [7, 11) is -19.7. The number of ether oxygens (including phenoxy) is 1. The Hall–Kier alpha value is -8.22. The molecule has 0 amide bonds. The topological polar surface area (TPSA) is 811 Å². The number of nitrogens with two attached hydrogens (primary N) is 5. The number of hydrogen-bond donors (Lipinski definition) is 10. The van der Waals surface area contributed by atoms with Gasteiger partial charge in [0.15, 0.2) is 6.20 Å². The number of nitrogens with zero attached hydrogens (tertiary/aromatic N) is 14. The monoisotopic (exact) mass is 2170 g/mol. The minimum Gasteiger partial charge on any atom is -0.466 e. The fourth-order valence-electron chi connectivity index (χ4n) is 14.1. The number of rotatable bonds is 25. The molecule has 5 unspecified atom stereocenters. The van der Waals surface area contributed by atoms with Gasteiger partial charge in [0.2, 0.25) is 0 Å². The van der Waals surface area contributed by atoms with Crippen LogP contribution in [0.25, 0.3) is 0 Å². The highest BCUT2D eigenvalue weighted by atomic mass is 32.2. The lowest BCUT2D eigenvalue weighted by molar-refractivity contribution is -0.402. The summed E-state index contributed by atoms with van der Waals surface area (Å²) in [6.07, 6.45) is -1.63. The third-order valence-corrected chi connectivity index (χ3v) is 37.3. The van der Waals surface area contributed by atoms with Gasteiger partial charge in [-0.2, -0.15) is 24.9 Å². The second-order valence-corrected chi connectivity index (χ2v) is 47.2. The number of carbonyl (C=O) groups is 1. The summed E-state index contributed by atoms with van der Waals surface area (Å²) in [5, 5.41) is 79.4. The number of thiazole rings is 1. The first-order valence-corrected chi connectivity index (χ1v) is 54.1. The standard InChI is InChI=1S/C15H22N3O8PS.C14H15N4O9PS.C14H15N4O8PS2.C13H14N5O8PS2.C12H18N3O6PS/c1-2-23-11(19)4-3-7-24-27(22)25-8-9-13(26-27)12(20)14(28-9)18-6-5-10(16)17-15(18)21;15-9-3-4-17(14(20)16-9)13-11(19)12-8(29-13)6-25-28(23,27-12)24-5-7-1-2-10(26-7)18(21)22;15-9-3-4-17(14(20)16-9)13-11(19)12-8(29-13)6-25-27(23,26-12)24-5-7-1-2-10(28-7)18(21)22;14-8-1-2-17(12(20)16-8)11-9(19)10-7(29-11)5-25-27(23,26-10)24-4-6-3-15-13(28-6)18(21)22;1-6(2)20-22(18)19-5-7-10(21-22)9(16)11(23-7)15-4-3-8(13)14-12(15)17/h5-6,9,12-14,20H,2-4,7-8H2,1H3,(H2,16,17,21);2*1-4,8,11-13,19H,5-6H2,(H2,15,16,20);1-3,7,9-11,19H,4-5H2,(H2,14,16,20);3-4,6-7,9-11,16H,5H2,1-2H3,(H2,13,14,17)/t9-,12+,13-,14-,27?;8-,11+,12-,13-,28?;8-,11+,12-,13-,27?;7-,9+,10-,11-,27?;7-,9+,10-,11-,22?/m11111/s1. The molecule has 8 aromatic heterocycles. The predicted molar refractivity (Wildman–Crippen MR) is 486 cm³/mol. The van der Waals surface area contributed by atoms with E-state index in [9.17, 15) is 107 Å². The maximum absolute atomic E-state index is 12.8. The molecule has 10 saturated heterocycles. The van der Waals surface area contributed by atoms with Crippen LogP contribution in [0.2, 0.25) is 0 Å². The minimum absolute atomic E-state index is 0.0230. The molecular formula is C68H84N19O39P5S7. The van der Waals surface area contributed by atoms with Gasteiger partial charge in [0.1, 0.15) is 134 Å². The third kappa shape index (κ3) is 25.3. The van der Waals surface area contributed by atoms with Gasteiger partial charge in [-0.1, -0.05) is 11.3 Å².